The SMILES string of the molecule is Cn1ccc(N2CCCC(N(C(=O)NCc3ccc(Br)cc3F)C3CC3)C2)nc1=O. The summed E-state index contributed by atoms with van der Waals surface area (Å²) in [5.41, 5.74) is 0.167. The Morgan fingerprint density at radius 3 is 2.80 bits per heavy atom. The van der Waals surface area contributed by atoms with Crippen LogP contribution >= 0.6 is 15.9 Å². The van der Waals surface area contributed by atoms with Crippen LogP contribution in [0.15, 0.2) is 39.7 Å². The summed E-state index contributed by atoms with van der Waals surface area (Å²) in [7, 11) is 1.67. The van der Waals surface area contributed by atoms with Gasteiger partial charge in [-0.05, 0) is 43.9 Å². The minimum atomic E-state index is -0.344. The molecule has 1 atom stereocenters. The molecule has 0 radical (unpaired) electrons. The summed E-state index contributed by atoms with van der Waals surface area (Å²) in [5, 5.41) is 2.89. The minimum absolute atomic E-state index is 0.0341. The van der Waals surface area contributed by atoms with Crippen LogP contribution in [0.1, 0.15) is 31.2 Å². The number of urea groups is 1. The van der Waals surface area contributed by atoms with Crippen molar-refractivity contribution in [2.45, 2.75) is 44.3 Å². The lowest BCUT2D eigenvalue weighted by molar-refractivity contribution is 0.160. The van der Waals surface area contributed by atoms with Gasteiger partial charge in [-0.3, -0.25) is 0 Å². The van der Waals surface area contributed by atoms with Crippen molar-refractivity contribution < 1.29 is 9.18 Å². The smallest absolute Gasteiger partial charge is 0.349 e. The molecule has 1 saturated heterocycles. The highest BCUT2D eigenvalue weighted by atomic mass is 79.9. The van der Waals surface area contributed by atoms with E-state index in [2.05, 4.69) is 31.1 Å². The van der Waals surface area contributed by atoms with Crippen LogP contribution in [0.4, 0.5) is 15.0 Å². The Balaban J connectivity index is 1.44. The van der Waals surface area contributed by atoms with E-state index < -0.39 is 0 Å². The number of carbonyl (C=O) groups is 1. The first kappa shape index (κ1) is 20.8. The molecule has 1 aromatic heterocycles. The number of carbonyl (C=O) groups excluding carboxylic acids is 1. The number of piperidine rings is 1. The number of nitrogens with zero attached hydrogens (tertiary/aromatic N) is 4. The van der Waals surface area contributed by atoms with E-state index in [9.17, 15) is 14.0 Å². The number of halogens is 2. The number of amides is 2. The molecule has 9 heteroatoms. The quantitative estimate of drug-likeness (QED) is 0.718. The Morgan fingerprint density at radius 1 is 1.30 bits per heavy atom. The van der Waals surface area contributed by atoms with Gasteiger partial charge < -0.3 is 19.7 Å². The highest BCUT2D eigenvalue weighted by Gasteiger charge is 2.39. The second kappa shape index (κ2) is 8.75. The van der Waals surface area contributed by atoms with Crippen molar-refractivity contribution in [1.82, 2.24) is 19.8 Å². The van der Waals surface area contributed by atoms with Gasteiger partial charge >= 0.3 is 11.7 Å². The predicted octanol–water partition coefficient (Wildman–Crippen LogP) is 3.02. The van der Waals surface area contributed by atoms with Crippen molar-refractivity contribution in [3.8, 4) is 0 Å². The third-order valence-electron chi connectivity index (χ3n) is 5.69. The van der Waals surface area contributed by atoms with Gasteiger partial charge in [0.15, 0.2) is 0 Å². The summed E-state index contributed by atoms with van der Waals surface area (Å²) in [6.45, 7) is 1.59. The Labute approximate surface area is 183 Å². The van der Waals surface area contributed by atoms with Crippen molar-refractivity contribution >= 4 is 27.8 Å². The molecule has 2 heterocycles. The second-order valence-corrected chi connectivity index (χ2v) is 8.87. The zero-order chi connectivity index (χ0) is 21.3. The topological polar surface area (TPSA) is 70.5 Å². The summed E-state index contributed by atoms with van der Waals surface area (Å²) in [4.78, 5) is 33.1. The van der Waals surface area contributed by atoms with E-state index >= 15 is 0 Å². The first-order chi connectivity index (χ1) is 14.4. The van der Waals surface area contributed by atoms with E-state index in [-0.39, 0.29) is 36.2 Å². The lowest BCUT2D eigenvalue weighted by Crippen LogP contribution is -2.54. The van der Waals surface area contributed by atoms with Crippen molar-refractivity contribution in [2.24, 2.45) is 7.05 Å². The zero-order valence-electron chi connectivity index (χ0n) is 16.9. The molecule has 2 aromatic rings. The van der Waals surface area contributed by atoms with Gasteiger partial charge in [0, 0.05) is 49.0 Å². The molecule has 1 aromatic carbocycles. The normalized spacial score (nSPS) is 18.9. The van der Waals surface area contributed by atoms with Crippen LogP contribution in [0.3, 0.4) is 0 Å². The number of aromatic nitrogens is 2. The average molecular weight is 478 g/mol. The fourth-order valence-electron chi connectivity index (χ4n) is 3.93. The number of hydrogen-bond acceptors (Lipinski definition) is 4. The van der Waals surface area contributed by atoms with E-state index in [1.807, 2.05) is 11.0 Å². The third-order valence-corrected chi connectivity index (χ3v) is 6.19. The fraction of sp³-hybridized carbons (Fsp3) is 0.476. The van der Waals surface area contributed by atoms with Crippen molar-refractivity contribution in [3.63, 3.8) is 0 Å². The number of benzene rings is 1. The van der Waals surface area contributed by atoms with Crippen LogP contribution in [0.5, 0.6) is 0 Å². The largest absolute Gasteiger partial charge is 0.354 e. The van der Waals surface area contributed by atoms with Gasteiger partial charge in [0.2, 0.25) is 0 Å². The van der Waals surface area contributed by atoms with Gasteiger partial charge in [-0.15, -0.1) is 0 Å². The summed E-state index contributed by atoms with van der Waals surface area (Å²) in [6, 6.07) is 6.76. The van der Waals surface area contributed by atoms with Crippen LogP contribution in [0, 0.1) is 5.82 Å². The molecule has 30 heavy (non-hydrogen) atoms. The Bertz CT molecular complexity index is 994. The maximum atomic E-state index is 14.1. The van der Waals surface area contributed by atoms with Crippen LogP contribution in [0.25, 0.3) is 0 Å². The molecule has 1 saturated carbocycles. The number of aryl methyl sites for hydroxylation is 1. The highest BCUT2D eigenvalue weighted by molar-refractivity contribution is 9.10. The van der Waals surface area contributed by atoms with Crippen LogP contribution in [-0.2, 0) is 13.6 Å². The molecule has 0 bridgehead atoms. The summed E-state index contributed by atoms with van der Waals surface area (Å²) >= 11 is 3.25. The van der Waals surface area contributed by atoms with E-state index in [1.54, 1.807) is 25.4 Å². The molecule has 7 nitrogen and oxygen atoms in total. The van der Waals surface area contributed by atoms with Crippen LogP contribution in [0.2, 0.25) is 0 Å². The van der Waals surface area contributed by atoms with E-state index in [1.165, 1.54) is 10.6 Å². The summed E-state index contributed by atoms with van der Waals surface area (Å²) in [5.74, 6) is 0.305. The van der Waals surface area contributed by atoms with Gasteiger partial charge in [0.05, 0.1) is 6.04 Å². The number of nitrogens with one attached hydrogen (secondary N) is 1. The molecular weight excluding hydrogens is 453 g/mol. The Kier molecular flexibility index (Phi) is 6.08. The molecule has 2 fully saturated rings. The molecule has 0 spiro atoms. The number of rotatable bonds is 5. The van der Waals surface area contributed by atoms with Crippen molar-refractivity contribution in [2.75, 3.05) is 18.0 Å². The standard InChI is InChI=1S/C21H25BrFN5O2/c1-26-10-8-19(25-21(26)30)27-9-2-3-17(13-27)28(16-6-7-16)20(29)24-12-14-4-5-15(22)11-18(14)23/h4-5,8,10-11,16-17H,2-3,6-7,9,12-13H2,1H3,(H,24,29). The molecule has 1 aliphatic heterocycles. The third kappa shape index (κ3) is 4.66. The molecule has 4 rings (SSSR count). The second-order valence-electron chi connectivity index (χ2n) is 7.95. The minimum Gasteiger partial charge on any atom is -0.354 e. The first-order valence-electron chi connectivity index (χ1n) is 10.2. The average Bonchev–Trinajstić information content (AvgIpc) is 3.55. The molecule has 2 amide bonds. The van der Waals surface area contributed by atoms with E-state index in [0.717, 1.165) is 32.2 Å². The number of hydrogen-bond donors (Lipinski definition) is 1. The number of anilines is 1. The van der Waals surface area contributed by atoms with Gasteiger partial charge in [0.25, 0.3) is 0 Å². The van der Waals surface area contributed by atoms with E-state index in [0.29, 0.717) is 22.4 Å². The Morgan fingerprint density at radius 2 is 2.10 bits per heavy atom. The van der Waals surface area contributed by atoms with Crippen molar-refractivity contribution in [1.29, 1.82) is 0 Å². The predicted molar refractivity (Wildman–Crippen MR) is 116 cm³/mol. The first-order valence-corrected chi connectivity index (χ1v) is 11.0. The van der Waals surface area contributed by atoms with Crippen LogP contribution < -0.4 is 15.9 Å². The Hall–Kier alpha value is -2.42. The lowest BCUT2D eigenvalue weighted by atomic mass is 10.0. The molecule has 1 N–H and O–H groups in total. The monoisotopic (exact) mass is 477 g/mol. The molecule has 160 valence electrons. The molecule has 1 unspecified atom stereocenters. The van der Waals surface area contributed by atoms with Gasteiger partial charge in [-0.2, -0.15) is 4.98 Å². The lowest BCUT2D eigenvalue weighted by Gasteiger charge is -2.40. The van der Waals surface area contributed by atoms with Gasteiger partial charge in [-0.1, -0.05) is 22.0 Å². The maximum Gasteiger partial charge on any atom is 0.349 e. The molecule has 1 aliphatic carbocycles. The molecular formula is C21H25BrFN5O2. The summed E-state index contributed by atoms with van der Waals surface area (Å²) < 4.78 is 16.2. The fourth-order valence-corrected chi connectivity index (χ4v) is 4.27. The summed E-state index contributed by atoms with van der Waals surface area (Å²) in [6.07, 6.45) is 5.51. The van der Waals surface area contributed by atoms with E-state index in [4.69, 9.17) is 0 Å². The molecule has 2 aliphatic rings. The van der Waals surface area contributed by atoms with Crippen molar-refractivity contribution in [3.05, 3.63) is 56.8 Å². The zero-order valence-corrected chi connectivity index (χ0v) is 18.4. The highest BCUT2D eigenvalue weighted by Crippen LogP contribution is 2.32. The van der Waals surface area contributed by atoms with Gasteiger partial charge in [0.1, 0.15) is 11.6 Å². The van der Waals surface area contributed by atoms with Crippen LogP contribution in [-0.4, -0.2) is 45.7 Å². The van der Waals surface area contributed by atoms with Gasteiger partial charge in [-0.25, -0.2) is 14.0 Å². The maximum absolute atomic E-state index is 14.1.